The van der Waals surface area contributed by atoms with Gasteiger partial charge in [0.2, 0.25) is 0 Å². The van der Waals surface area contributed by atoms with Crippen molar-refractivity contribution < 1.29 is 4.74 Å². The molecule has 0 aromatic carbocycles. The summed E-state index contributed by atoms with van der Waals surface area (Å²) in [5.74, 6) is 3.36. The number of likely N-dealkylation sites (N-methyl/N-ethyl adjacent to an activating group) is 1. The zero-order valence-corrected chi connectivity index (χ0v) is 9.25. The van der Waals surface area contributed by atoms with Gasteiger partial charge in [-0.3, -0.25) is 0 Å². The smallest absolute Gasteiger partial charge is 0.0754 e. The van der Waals surface area contributed by atoms with Crippen molar-refractivity contribution in [1.82, 2.24) is 5.32 Å². The molecule has 1 aliphatic rings. The first kappa shape index (κ1) is 11.6. The molecule has 1 rings (SSSR count). The van der Waals surface area contributed by atoms with Crippen LogP contribution in [0.1, 0.15) is 32.6 Å². The average Bonchev–Trinajstić information content (AvgIpc) is 2.60. The maximum atomic E-state index is 5.73. The molecule has 14 heavy (non-hydrogen) atoms. The fourth-order valence-corrected chi connectivity index (χ4v) is 2.13. The maximum Gasteiger partial charge on any atom is 0.0754 e. The average molecular weight is 195 g/mol. The lowest BCUT2D eigenvalue weighted by Crippen LogP contribution is -2.40. The Balaban J connectivity index is 2.33. The first-order valence-corrected chi connectivity index (χ1v) is 5.52. The van der Waals surface area contributed by atoms with Crippen LogP contribution >= 0.6 is 0 Å². The van der Waals surface area contributed by atoms with E-state index in [1.54, 1.807) is 0 Å². The molecule has 1 N–H and O–H groups in total. The third-order valence-corrected chi connectivity index (χ3v) is 3.05. The summed E-state index contributed by atoms with van der Waals surface area (Å²) in [7, 11) is 2.01. The van der Waals surface area contributed by atoms with Gasteiger partial charge in [-0.15, -0.1) is 12.3 Å². The van der Waals surface area contributed by atoms with Crippen molar-refractivity contribution in [2.45, 2.75) is 44.8 Å². The van der Waals surface area contributed by atoms with E-state index in [2.05, 4.69) is 18.2 Å². The van der Waals surface area contributed by atoms with E-state index in [9.17, 15) is 0 Å². The molecule has 0 spiro atoms. The van der Waals surface area contributed by atoms with E-state index in [0.717, 1.165) is 25.9 Å². The van der Waals surface area contributed by atoms with Crippen LogP contribution in [-0.4, -0.2) is 25.8 Å². The normalized spacial score (nSPS) is 28.6. The van der Waals surface area contributed by atoms with Crippen LogP contribution in [0.15, 0.2) is 0 Å². The molecule has 80 valence electrons. The Morgan fingerprint density at radius 3 is 2.93 bits per heavy atom. The fraction of sp³-hybridized carbons (Fsp3) is 0.833. The zero-order valence-electron chi connectivity index (χ0n) is 9.25. The van der Waals surface area contributed by atoms with Crippen LogP contribution in [0.2, 0.25) is 0 Å². The zero-order chi connectivity index (χ0) is 10.4. The quantitative estimate of drug-likeness (QED) is 0.533. The Morgan fingerprint density at radius 1 is 1.64 bits per heavy atom. The second-order valence-corrected chi connectivity index (χ2v) is 4.09. The Morgan fingerprint density at radius 2 is 2.43 bits per heavy atom. The van der Waals surface area contributed by atoms with Gasteiger partial charge in [0.05, 0.1) is 6.10 Å². The van der Waals surface area contributed by atoms with E-state index in [1.165, 1.54) is 6.42 Å². The van der Waals surface area contributed by atoms with Crippen molar-refractivity contribution in [2.24, 2.45) is 5.92 Å². The van der Waals surface area contributed by atoms with E-state index >= 15 is 0 Å². The SMILES string of the molecule is C#CCCCC(NC)C1OCCC1C. The molecule has 0 aromatic heterocycles. The lowest BCUT2D eigenvalue weighted by molar-refractivity contribution is 0.0602. The summed E-state index contributed by atoms with van der Waals surface area (Å²) in [4.78, 5) is 0. The molecule has 2 heteroatoms. The number of hydrogen-bond donors (Lipinski definition) is 1. The van der Waals surface area contributed by atoms with Crippen LogP contribution in [0.5, 0.6) is 0 Å². The third-order valence-electron chi connectivity index (χ3n) is 3.05. The minimum absolute atomic E-state index is 0.387. The first-order chi connectivity index (χ1) is 6.79. The molecular weight excluding hydrogens is 174 g/mol. The van der Waals surface area contributed by atoms with Crippen molar-refractivity contribution in [3.05, 3.63) is 0 Å². The number of ether oxygens (including phenoxy) is 1. The first-order valence-electron chi connectivity index (χ1n) is 5.52. The highest BCUT2D eigenvalue weighted by Gasteiger charge is 2.30. The summed E-state index contributed by atoms with van der Waals surface area (Å²) >= 11 is 0. The van der Waals surface area contributed by atoms with Crippen molar-refractivity contribution in [3.8, 4) is 12.3 Å². The lowest BCUT2D eigenvalue weighted by Gasteiger charge is -2.25. The number of rotatable bonds is 5. The van der Waals surface area contributed by atoms with Gasteiger partial charge in [0.15, 0.2) is 0 Å². The summed E-state index contributed by atoms with van der Waals surface area (Å²) < 4.78 is 5.73. The highest BCUT2D eigenvalue weighted by molar-refractivity contribution is 4.87. The van der Waals surface area contributed by atoms with Crippen molar-refractivity contribution in [1.29, 1.82) is 0 Å². The Bertz CT molecular complexity index is 197. The van der Waals surface area contributed by atoms with Crippen molar-refractivity contribution >= 4 is 0 Å². The van der Waals surface area contributed by atoms with Crippen LogP contribution in [0.4, 0.5) is 0 Å². The van der Waals surface area contributed by atoms with E-state index in [1.807, 2.05) is 7.05 Å². The van der Waals surface area contributed by atoms with Gasteiger partial charge in [0.25, 0.3) is 0 Å². The molecular formula is C12H21NO. The van der Waals surface area contributed by atoms with Gasteiger partial charge in [-0.25, -0.2) is 0 Å². The molecule has 1 saturated heterocycles. The van der Waals surface area contributed by atoms with Crippen molar-refractivity contribution in [2.75, 3.05) is 13.7 Å². The van der Waals surface area contributed by atoms with E-state index in [4.69, 9.17) is 11.2 Å². The van der Waals surface area contributed by atoms with Gasteiger partial charge in [0.1, 0.15) is 0 Å². The molecule has 0 amide bonds. The second kappa shape index (κ2) is 6.06. The molecule has 3 unspecified atom stereocenters. The second-order valence-electron chi connectivity index (χ2n) is 4.09. The Hall–Kier alpha value is -0.520. The predicted molar refractivity (Wildman–Crippen MR) is 59.1 cm³/mol. The molecule has 1 fully saturated rings. The summed E-state index contributed by atoms with van der Waals surface area (Å²) in [6.45, 7) is 3.18. The number of terminal acetylenes is 1. The highest BCUT2D eigenvalue weighted by Crippen LogP contribution is 2.24. The lowest BCUT2D eigenvalue weighted by atomic mass is 9.94. The van der Waals surface area contributed by atoms with Crippen LogP contribution in [0.25, 0.3) is 0 Å². The van der Waals surface area contributed by atoms with Gasteiger partial charge in [-0.1, -0.05) is 6.92 Å². The van der Waals surface area contributed by atoms with Gasteiger partial charge < -0.3 is 10.1 Å². The maximum absolute atomic E-state index is 5.73. The Kier molecular flexibility index (Phi) is 5.00. The molecule has 0 bridgehead atoms. The van der Waals surface area contributed by atoms with Crippen LogP contribution in [0, 0.1) is 18.3 Å². The highest BCUT2D eigenvalue weighted by atomic mass is 16.5. The summed E-state index contributed by atoms with van der Waals surface area (Å²) in [5.41, 5.74) is 0. The van der Waals surface area contributed by atoms with Crippen LogP contribution in [-0.2, 0) is 4.74 Å². The van der Waals surface area contributed by atoms with Gasteiger partial charge in [-0.2, -0.15) is 0 Å². The molecule has 3 atom stereocenters. The summed E-state index contributed by atoms with van der Waals surface area (Å²) in [6.07, 6.45) is 9.90. The molecule has 2 nitrogen and oxygen atoms in total. The summed E-state index contributed by atoms with van der Waals surface area (Å²) in [5, 5.41) is 3.34. The van der Waals surface area contributed by atoms with Crippen molar-refractivity contribution in [3.63, 3.8) is 0 Å². The van der Waals surface area contributed by atoms with Crippen LogP contribution in [0.3, 0.4) is 0 Å². The third kappa shape index (κ3) is 3.01. The van der Waals surface area contributed by atoms with E-state index < -0.39 is 0 Å². The minimum atomic E-state index is 0.387. The monoisotopic (exact) mass is 195 g/mol. The molecule has 1 heterocycles. The number of unbranched alkanes of at least 4 members (excludes halogenated alkanes) is 1. The van der Waals surface area contributed by atoms with Gasteiger partial charge in [-0.05, 0) is 32.2 Å². The molecule has 1 aliphatic heterocycles. The molecule has 0 saturated carbocycles. The van der Waals surface area contributed by atoms with E-state index in [0.29, 0.717) is 18.1 Å². The molecule has 0 aliphatic carbocycles. The summed E-state index contributed by atoms with van der Waals surface area (Å²) in [6, 6.07) is 0.473. The van der Waals surface area contributed by atoms with Gasteiger partial charge in [0, 0.05) is 19.1 Å². The topological polar surface area (TPSA) is 21.3 Å². The standard InChI is InChI=1S/C12H21NO/c1-4-5-6-7-11(13-3)12-10(2)8-9-14-12/h1,10-13H,5-9H2,2-3H3. The van der Waals surface area contributed by atoms with E-state index in [-0.39, 0.29) is 0 Å². The minimum Gasteiger partial charge on any atom is -0.376 e. The Labute approximate surface area is 87.4 Å². The largest absolute Gasteiger partial charge is 0.376 e. The fourth-order valence-electron chi connectivity index (χ4n) is 2.13. The molecule has 0 radical (unpaired) electrons. The predicted octanol–water partition coefficient (Wildman–Crippen LogP) is 1.80. The van der Waals surface area contributed by atoms with Crippen LogP contribution < -0.4 is 5.32 Å². The van der Waals surface area contributed by atoms with Gasteiger partial charge >= 0.3 is 0 Å². The number of nitrogens with one attached hydrogen (secondary N) is 1. The molecule has 0 aromatic rings. The number of hydrogen-bond acceptors (Lipinski definition) is 2.